The monoisotopic (exact) mass is 240 g/mol. The Morgan fingerprint density at radius 1 is 1.31 bits per heavy atom. The highest BCUT2D eigenvalue weighted by Gasteiger charge is 2.12. The minimum absolute atomic E-state index is 0.252. The van der Waals surface area contributed by atoms with Crippen molar-refractivity contribution in [1.82, 2.24) is 10.3 Å². The van der Waals surface area contributed by atoms with Gasteiger partial charge in [0.1, 0.15) is 5.15 Å². The van der Waals surface area contributed by atoms with Gasteiger partial charge in [0.2, 0.25) is 0 Å². The first-order valence-electron chi connectivity index (χ1n) is 5.86. The molecule has 0 saturated heterocycles. The van der Waals surface area contributed by atoms with Gasteiger partial charge in [0.15, 0.2) is 0 Å². The summed E-state index contributed by atoms with van der Waals surface area (Å²) in [5.74, 6) is 1.36. The van der Waals surface area contributed by atoms with Crippen molar-refractivity contribution < 1.29 is 0 Å². The van der Waals surface area contributed by atoms with Crippen molar-refractivity contribution in [3.8, 4) is 0 Å². The van der Waals surface area contributed by atoms with Gasteiger partial charge in [-0.25, -0.2) is 4.98 Å². The molecule has 0 amide bonds. The van der Waals surface area contributed by atoms with E-state index >= 15 is 0 Å². The van der Waals surface area contributed by atoms with Crippen molar-refractivity contribution >= 4 is 11.6 Å². The first kappa shape index (κ1) is 13.5. The highest BCUT2D eigenvalue weighted by atomic mass is 35.5. The van der Waals surface area contributed by atoms with Crippen LogP contribution in [0.4, 0.5) is 0 Å². The molecular formula is C13H21ClN2. The third-order valence-corrected chi connectivity index (χ3v) is 3.45. The Morgan fingerprint density at radius 2 is 2.00 bits per heavy atom. The number of aromatic nitrogens is 1. The van der Waals surface area contributed by atoms with E-state index in [1.165, 1.54) is 0 Å². The predicted octanol–water partition coefficient (Wildman–Crippen LogP) is 3.68. The summed E-state index contributed by atoms with van der Waals surface area (Å²) in [5.41, 5.74) is 1.07. The van der Waals surface area contributed by atoms with Crippen molar-refractivity contribution in [2.45, 2.75) is 33.7 Å². The summed E-state index contributed by atoms with van der Waals surface area (Å²) in [6, 6.07) is 4.19. The van der Waals surface area contributed by atoms with E-state index in [-0.39, 0.29) is 6.04 Å². The lowest BCUT2D eigenvalue weighted by atomic mass is 9.97. The van der Waals surface area contributed by atoms with Crippen molar-refractivity contribution in [2.75, 3.05) is 6.54 Å². The van der Waals surface area contributed by atoms with Crippen LogP contribution < -0.4 is 5.32 Å². The Bertz CT molecular complexity index is 325. The van der Waals surface area contributed by atoms with Gasteiger partial charge in [0.25, 0.3) is 0 Å². The van der Waals surface area contributed by atoms with Crippen LogP contribution in [0.5, 0.6) is 0 Å². The third-order valence-electron chi connectivity index (χ3n) is 3.14. The molecule has 0 aliphatic heterocycles. The van der Waals surface area contributed by atoms with Crippen molar-refractivity contribution in [3.63, 3.8) is 0 Å². The van der Waals surface area contributed by atoms with Gasteiger partial charge < -0.3 is 5.32 Å². The lowest BCUT2D eigenvalue weighted by Crippen LogP contribution is -2.27. The molecule has 0 aromatic carbocycles. The van der Waals surface area contributed by atoms with Crippen LogP contribution in [0.15, 0.2) is 18.3 Å². The predicted molar refractivity (Wildman–Crippen MR) is 69.7 cm³/mol. The van der Waals surface area contributed by atoms with Crippen LogP contribution in [0.1, 0.15) is 39.3 Å². The van der Waals surface area contributed by atoms with E-state index in [0.29, 0.717) is 17.0 Å². The van der Waals surface area contributed by atoms with Crippen molar-refractivity contribution in [2.24, 2.45) is 11.8 Å². The van der Waals surface area contributed by atoms with Gasteiger partial charge in [-0.15, -0.1) is 0 Å². The smallest absolute Gasteiger partial charge is 0.133 e. The molecule has 1 aromatic rings. The number of hydrogen-bond acceptors (Lipinski definition) is 2. The highest BCUT2D eigenvalue weighted by molar-refractivity contribution is 6.30. The SMILES string of the molecule is CC(NCC(C)C(C)C)c1cccnc1Cl. The summed E-state index contributed by atoms with van der Waals surface area (Å²) in [6.45, 7) is 9.87. The number of rotatable bonds is 5. The molecule has 0 radical (unpaired) electrons. The molecule has 3 heteroatoms. The summed E-state index contributed by atoms with van der Waals surface area (Å²) in [4.78, 5) is 4.09. The summed E-state index contributed by atoms with van der Waals surface area (Å²) in [6.07, 6.45) is 1.72. The van der Waals surface area contributed by atoms with Crippen LogP contribution in [0.3, 0.4) is 0 Å². The normalized spacial score (nSPS) is 15.1. The Kier molecular flexibility index (Phi) is 5.23. The minimum atomic E-state index is 0.252. The fourth-order valence-electron chi connectivity index (χ4n) is 1.43. The molecule has 0 aliphatic carbocycles. The van der Waals surface area contributed by atoms with E-state index in [2.05, 4.69) is 38.0 Å². The molecule has 2 atom stereocenters. The molecular weight excluding hydrogens is 220 g/mol. The van der Waals surface area contributed by atoms with E-state index in [9.17, 15) is 0 Å². The zero-order valence-corrected chi connectivity index (χ0v) is 11.3. The quantitative estimate of drug-likeness (QED) is 0.795. The van der Waals surface area contributed by atoms with Crippen LogP contribution >= 0.6 is 11.6 Å². The number of halogens is 1. The molecule has 1 rings (SSSR count). The van der Waals surface area contributed by atoms with Crippen LogP contribution in [-0.4, -0.2) is 11.5 Å². The summed E-state index contributed by atoms with van der Waals surface area (Å²) < 4.78 is 0. The topological polar surface area (TPSA) is 24.9 Å². The van der Waals surface area contributed by atoms with Crippen LogP contribution in [0.25, 0.3) is 0 Å². The second-order valence-corrected chi connectivity index (χ2v) is 5.09. The third kappa shape index (κ3) is 3.76. The van der Waals surface area contributed by atoms with Crippen LogP contribution in [0, 0.1) is 11.8 Å². The maximum absolute atomic E-state index is 6.05. The number of nitrogens with zero attached hydrogens (tertiary/aromatic N) is 1. The molecule has 1 heterocycles. The molecule has 1 aromatic heterocycles. The van der Waals surface area contributed by atoms with E-state index in [0.717, 1.165) is 12.1 Å². The van der Waals surface area contributed by atoms with E-state index in [1.54, 1.807) is 6.20 Å². The van der Waals surface area contributed by atoms with E-state index in [1.807, 2.05) is 12.1 Å². The van der Waals surface area contributed by atoms with Crippen molar-refractivity contribution in [3.05, 3.63) is 29.0 Å². The lowest BCUT2D eigenvalue weighted by molar-refractivity contribution is 0.375. The molecule has 16 heavy (non-hydrogen) atoms. The second-order valence-electron chi connectivity index (χ2n) is 4.73. The fraction of sp³-hybridized carbons (Fsp3) is 0.615. The van der Waals surface area contributed by atoms with Gasteiger partial charge in [0.05, 0.1) is 0 Å². The van der Waals surface area contributed by atoms with Crippen molar-refractivity contribution in [1.29, 1.82) is 0 Å². The molecule has 0 saturated carbocycles. The first-order valence-corrected chi connectivity index (χ1v) is 6.24. The fourth-order valence-corrected chi connectivity index (χ4v) is 1.71. The zero-order valence-electron chi connectivity index (χ0n) is 10.5. The van der Waals surface area contributed by atoms with E-state index in [4.69, 9.17) is 11.6 Å². The van der Waals surface area contributed by atoms with Crippen LogP contribution in [0.2, 0.25) is 5.15 Å². The van der Waals surface area contributed by atoms with Gasteiger partial charge in [-0.3, -0.25) is 0 Å². The minimum Gasteiger partial charge on any atom is -0.310 e. The highest BCUT2D eigenvalue weighted by Crippen LogP contribution is 2.20. The maximum Gasteiger partial charge on any atom is 0.133 e. The average molecular weight is 241 g/mol. The molecule has 0 fully saturated rings. The molecule has 90 valence electrons. The van der Waals surface area contributed by atoms with Gasteiger partial charge in [-0.1, -0.05) is 38.4 Å². The summed E-state index contributed by atoms with van der Waals surface area (Å²) >= 11 is 6.05. The number of hydrogen-bond donors (Lipinski definition) is 1. The molecule has 0 bridgehead atoms. The molecule has 2 nitrogen and oxygen atoms in total. The summed E-state index contributed by atoms with van der Waals surface area (Å²) in [5, 5.41) is 4.09. The standard InChI is InChI=1S/C13H21ClN2/c1-9(2)10(3)8-16-11(4)12-6-5-7-15-13(12)14/h5-7,9-11,16H,8H2,1-4H3. The maximum atomic E-state index is 6.05. The lowest BCUT2D eigenvalue weighted by Gasteiger charge is -2.20. The largest absolute Gasteiger partial charge is 0.310 e. The zero-order chi connectivity index (χ0) is 12.1. The summed E-state index contributed by atoms with van der Waals surface area (Å²) in [7, 11) is 0. The molecule has 1 N–H and O–H groups in total. The van der Waals surface area contributed by atoms with Gasteiger partial charge in [0, 0.05) is 17.8 Å². The Morgan fingerprint density at radius 3 is 2.56 bits per heavy atom. The molecule has 0 aliphatic rings. The van der Waals surface area contributed by atoms with Gasteiger partial charge >= 0.3 is 0 Å². The Labute approximate surface area is 103 Å². The van der Waals surface area contributed by atoms with Crippen LogP contribution in [-0.2, 0) is 0 Å². The van der Waals surface area contributed by atoms with Gasteiger partial charge in [-0.2, -0.15) is 0 Å². The number of nitrogens with one attached hydrogen (secondary N) is 1. The number of pyridine rings is 1. The Balaban J connectivity index is 2.53. The van der Waals surface area contributed by atoms with E-state index < -0.39 is 0 Å². The second kappa shape index (κ2) is 6.21. The van der Waals surface area contributed by atoms with Gasteiger partial charge in [-0.05, 0) is 31.4 Å². The molecule has 2 unspecified atom stereocenters. The Hall–Kier alpha value is -0.600. The first-order chi connectivity index (χ1) is 7.52. The average Bonchev–Trinajstić information content (AvgIpc) is 2.25. The molecule has 0 spiro atoms.